The van der Waals surface area contributed by atoms with Crippen molar-refractivity contribution in [2.24, 2.45) is 0 Å². The molecule has 2 N–H and O–H groups in total. The largest absolute Gasteiger partial charge is 0.506 e. The number of hydrogen-bond acceptors (Lipinski definition) is 4. The molecule has 132 valence electrons. The van der Waals surface area contributed by atoms with Crippen LogP contribution in [0.4, 0.5) is 0 Å². The summed E-state index contributed by atoms with van der Waals surface area (Å²) in [4.78, 5) is 14.5. The third-order valence-electron chi connectivity index (χ3n) is 4.20. The molecule has 2 aromatic rings. The van der Waals surface area contributed by atoms with E-state index in [1.165, 1.54) is 17.7 Å². The monoisotopic (exact) mass is 360 g/mol. The van der Waals surface area contributed by atoms with Gasteiger partial charge in [0.05, 0.1) is 18.2 Å². The van der Waals surface area contributed by atoms with E-state index >= 15 is 0 Å². The van der Waals surface area contributed by atoms with Gasteiger partial charge in [0.2, 0.25) is 0 Å². The molecule has 6 heteroatoms. The number of morpholine rings is 1. The highest BCUT2D eigenvalue weighted by molar-refractivity contribution is 6.32. The van der Waals surface area contributed by atoms with Crippen LogP contribution in [0.1, 0.15) is 21.5 Å². The average Bonchev–Trinajstić information content (AvgIpc) is 2.64. The van der Waals surface area contributed by atoms with Crippen molar-refractivity contribution in [3.63, 3.8) is 0 Å². The van der Waals surface area contributed by atoms with Crippen molar-refractivity contribution in [1.82, 2.24) is 10.2 Å². The van der Waals surface area contributed by atoms with Crippen LogP contribution in [0.3, 0.4) is 0 Å². The van der Waals surface area contributed by atoms with Crippen LogP contribution in [0.2, 0.25) is 5.02 Å². The standard InChI is InChI=1S/C19H21ClN2O3/c20-17-11-16(5-6-18(17)23)19(24)21-12-14-1-3-15(4-2-14)13-22-7-9-25-10-8-22/h1-6,11,23H,7-10,12-13H2,(H,21,24). The molecule has 5 nitrogen and oxygen atoms in total. The Morgan fingerprint density at radius 1 is 1.12 bits per heavy atom. The fraction of sp³-hybridized carbons (Fsp3) is 0.316. The zero-order chi connectivity index (χ0) is 17.6. The maximum atomic E-state index is 12.1. The summed E-state index contributed by atoms with van der Waals surface area (Å²) in [5.74, 6) is -0.256. The summed E-state index contributed by atoms with van der Waals surface area (Å²) in [7, 11) is 0. The maximum Gasteiger partial charge on any atom is 0.251 e. The molecule has 1 heterocycles. The minimum absolute atomic E-state index is 0.0333. The maximum absolute atomic E-state index is 12.1. The van der Waals surface area contributed by atoms with Crippen molar-refractivity contribution in [2.45, 2.75) is 13.1 Å². The molecule has 0 unspecified atom stereocenters. The molecule has 0 saturated carbocycles. The normalized spacial score (nSPS) is 15.1. The minimum Gasteiger partial charge on any atom is -0.506 e. The highest BCUT2D eigenvalue weighted by Gasteiger charge is 2.11. The fourth-order valence-electron chi connectivity index (χ4n) is 2.71. The molecule has 1 fully saturated rings. The summed E-state index contributed by atoms with van der Waals surface area (Å²) in [5.41, 5.74) is 2.71. The van der Waals surface area contributed by atoms with Gasteiger partial charge in [-0.1, -0.05) is 35.9 Å². The second kappa shape index (κ2) is 8.34. The van der Waals surface area contributed by atoms with E-state index < -0.39 is 0 Å². The van der Waals surface area contributed by atoms with Gasteiger partial charge >= 0.3 is 0 Å². The van der Waals surface area contributed by atoms with Gasteiger partial charge in [-0.2, -0.15) is 0 Å². The molecule has 1 saturated heterocycles. The number of benzene rings is 2. The predicted octanol–water partition coefficient (Wildman–Crippen LogP) is 2.81. The number of phenolic OH excluding ortho intramolecular Hbond substituents is 1. The SMILES string of the molecule is O=C(NCc1ccc(CN2CCOCC2)cc1)c1ccc(O)c(Cl)c1. The number of rotatable bonds is 5. The van der Waals surface area contributed by atoms with E-state index in [1.54, 1.807) is 6.07 Å². The number of hydrogen-bond donors (Lipinski definition) is 2. The zero-order valence-electron chi connectivity index (χ0n) is 13.9. The highest BCUT2D eigenvalue weighted by Crippen LogP contribution is 2.23. The van der Waals surface area contributed by atoms with E-state index in [4.69, 9.17) is 16.3 Å². The fourth-order valence-corrected chi connectivity index (χ4v) is 2.89. The number of nitrogens with zero attached hydrogens (tertiary/aromatic N) is 1. The average molecular weight is 361 g/mol. The predicted molar refractivity (Wildman–Crippen MR) is 96.8 cm³/mol. The molecule has 0 aliphatic carbocycles. The van der Waals surface area contributed by atoms with Crippen molar-refractivity contribution >= 4 is 17.5 Å². The molecule has 0 aromatic heterocycles. The second-order valence-electron chi connectivity index (χ2n) is 6.05. The van der Waals surface area contributed by atoms with E-state index in [0.29, 0.717) is 12.1 Å². The van der Waals surface area contributed by atoms with Gasteiger partial charge in [0.1, 0.15) is 5.75 Å². The molecule has 0 spiro atoms. The zero-order valence-corrected chi connectivity index (χ0v) is 14.6. The summed E-state index contributed by atoms with van der Waals surface area (Å²) >= 11 is 5.83. The molecule has 25 heavy (non-hydrogen) atoms. The van der Waals surface area contributed by atoms with Gasteiger partial charge in [0.25, 0.3) is 5.91 Å². The van der Waals surface area contributed by atoms with Gasteiger partial charge in [-0.25, -0.2) is 0 Å². The molecule has 0 radical (unpaired) electrons. The lowest BCUT2D eigenvalue weighted by Gasteiger charge is -2.26. The van der Waals surface area contributed by atoms with E-state index in [0.717, 1.165) is 38.4 Å². The summed E-state index contributed by atoms with van der Waals surface area (Å²) < 4.78 is 5.36. The van der Waals surface area contributed by atoms with Crippen LogP contribution in [-0.4, -0.2) is 42.2 Å². The molecule has 1 aliphatic rings. The quantitative estimate of drug-likeness (QED) is 0.860. The van der Waals surface area contributed by atoms with Crippen LogP contribution in [0.25, 0.3) is 0 Å². The molecule has 3 rings (SSSR count). The minimum atomic E-state index is -0.223. The number of carbonyl (C=O) groups is 1. The van der Waals surface area contributed by atoms with Crippen LogP contribution in [0, 0.1) is 0 Å². The lowest BCUT2D eigenvalue weighted by Crippen LogP contribution is -2.35. The third-order valence-corrected chi connectivity index (χ3v) is 4.50. The van der Waals surface area contributed by atoms with Crippen LogP contribution < -0.4 is 5.32 Å². The van der Waals surface area contributed by atoms with Gasteiger partial charge < -0.3 is 15.2 Å². The Morgan fingerprint density at radius 2 is 1.80 bits per heavy atom. The Labute approximate surface area is 152 Å². The lowest BCUT2D eigenvalue weighted by atomic mass is 10.1. The van der Waals surface area contributed by atoms with Crippen LogP contribution >= 0.6 is 11.6 Å². The first-order valence-electron chi connectivity index (χ1n) is 8.26. The molecule has 0 atom stereocenters. The summed E-state index contributed by atoms with van der Waals surface area (Å²) in [6.45, 7) is 4.88. The van der Waals surface area contributed by atoms with Crippen molar-refractivity contribution in [2.75, 3.05) is 26.3 Å². The van der Waals surface area contributed by atoms with Crippen molar-refractivity contribution in [3.8, 4) is 5.75 Å². The molecular formula is C19H21ClN2O3. The molecular weight excluding hydrogens is 340 g/mol. The van der Waals surface area contributed by atoms with Crippen molar-refractivity contribution < 1.29 is 14.6 Å². The second-order valence-corrected chi connectivity index (χ2v) is 6.46. The Balaban J connectivity index is 1.52. The highest BCUT2D eigenvalue weighted by atomic mass is 35.5. The van der Waals surface area contributed by atoms with Gasteiger partial charge in [-0.15, -0.1) is 0 Å². The number of nitrogens with one attached hydrogen (secondary N) is 1. The first-order chi connectivity index (χ1) is 12.1. The van der Waals surface area contributed by atoms with Crippen LogP contribution in [0.15, 0.2) is 42.5 Å². The van der Waals surface area contributed by atoms with Crippen molar-refractivity contribution in [3.05, 3.63) is 64.2 Å². The molecule has 1 aliphatic heterocycles. The van der Waals surface area contributed by atoms with E-state index in [9.17, 15) is 9.90 Å². The van der Waals surface area contributed by atoms with Crippen molar-refractivity contribution in [1.29, 1.82) is 0 Å². The summed E-state index contributed by atoms with van der Waals surface area (Å²) in [5, 5.41) is 12.4. The lowest BCUT2D eigenvalue weighted by molar-refractivity contribution is 0.0342. The summed E-state index contributed by atoms with van der Waals surface area (Å²) in [6, 6.07) is 12.7. The third kappa shape index (κ3) is 4.95. The molecule has 2 aromatic carbocycles. The Hall–Kier alpha value is -2.08. The number of ether oxygens (including phenoxy) is 1. The van der Waals surface area contributed by atoms with Gasteiger partial charge in [-0.3, -0.25) is 9.69 Å². The smallest absolute Gasteiger partial charge is 0.251 e. The Morgan fingerprint density at radius 3 is 2.48 bits per heavy atom. The van der Waals surface area contributed by atoms with Crippen LogP contribution in [0.5, 0.6) is 5.75 Å². The number of phenols is 1. The van der Waals surface area contributed by atoms with Gasteiger partial charge in [0.15, 0.2) is 0 Å². The number of carbonyl (C=O) groups excluding carboxylic acids is 1. The first kappa shape index (κ1) is 17.7. The number of halogens is 1. The molecule has 0 bridgehead atoms. The topological polar surface area (TPSA) is 61.8 Å². The Bertz CT molecular complexity index is 728. The Kier molecular flexibility index (Phi) is 5.91. The number of amides is 1. The summed E-state index contributed by atoms with van der Waals surface area (Å²) in [6.07, 6.45) is 0. The van der Waals surface area contributed by atoms with E-state index in [1.807, 2.05) is 12.1 Å². The molecule has 1 amide bonds. The van der Waals surface area contributed by atoms with Crippen LogP contribution in [-0.2, 0) is 17.8 Å². The first-order valence-corrected chi connectivity index (χ1v) is 8.64. The number of aromatic hydroxyl groups is 1. The van der Waals surface area contributed by atoms with Gasteiger partial charge in [-0.05, 0) is 29.3 Å². The van der Waals surface area contributed by atoms with Gasteiger partial charge in [0, 0.05) is 31.7 Å². The van der Waals surface area contributed by atoms with E-state index in [-0.39, 0.29) is 16.7 Å². The van der Waals surface area contributed by atoms with E-state index in [2.05, 4.69) is 22.3 Å².